The van der Waals surface area contributed by atoms with Crippen LogP contribution in [0, 0.1) is 22.9 Å². The van der Waals surface area contributed by atoms with Crippen LogP contribution >= 0.6 is 53.8 Å². The fraction of sp³-hybridized carbons (Fsp3) is 0.321. The zero-order chi connectivity index (χ0) is 43.2. The van der Waals surface area contributed by atoms with E-state index in [9.17, 15) is 55.4 Å². The molecular weight excluding hydrogens is 879 g/mol. The molecule has 56 heavy (non-hydrogen) atoms. The quantitative estimate of drug-likeness (QED) is 0.0373. The highest BCUT2D eigenvalue weighted by Gasteiger charge is 2.33. The van der Waals surface area contributed by atoms with Crippen LogP contribution in [-0.4, -0.2) is 80.3 Å². The number of carbonyl (C=O) groups is 2. The maximum atomic E-state index is 14.1. The van der Waals surface area contributed by atoms with E-state index in [-0.39, 0.29) is 55.7 Å². The van der Waals surface area contributed by atoms with Gasteiger partial charge < -0.3 is 26.6 Å². The molecule has 0 aliphatic carbocycles. The number of halogens is 10. The molecule has 4 rings (SSSR count). The van der Waals surface area contributed by atoms with E-state index < -0.39 is 82.6 Å². The highest BCUT2D eigenvalue weighted by atomic mass is 35.5. The number of nitro groups is 1. The standard InChI is InChI=1S/C13H10Cl2F3N3O3.C10H5Cl2F3N4O2.C5H12NO4P/c1-5-19-21(13(24)20(5)12(17)18)10-3-6(2-8(15)11(22)23)7(14)4-9(10)16;11-5-1-4(10(13,14)15)2-6(12)8(5)18-9(16)7(3-17-18)19(20)21;1-11(9,10)3-2-4(6)5(7)8/h3-4,8,12H,2H2,1H3,(H,22,23);1-3H,16H2;4H,2-3,6H2,1H3,(H,7,8)(H,9,10). The number of aromatic nitrogens is 5. The van der Waals surface area contributed by atoms with Crippen LogP contribution in [0.1, 0.15) is 29.9 Å². The second kappa shape index (κ2) is 19.2. The largest absolute Gasteiger partial charge is 0.480 e. The van der Waals surface area contributed by atoms with Gasteiger partial charge in [0, 0.05) is 24.3 Å². The number of anilines is 1. The summed E-state index contributed by atoms with van der Waals surface area (Å²) in [5, 5.41) is 32.8. The monoisotopic (exact) mass is 904 g/mol. The van der Waals surface area contributed by atoms with Gasteiger partial charge in [0.25, 0.3) is 0 Å². The molecule has 28 heteroatoms. The van der Waals surface area contributed by atoms with Gasteiger partial charge in [0.05, 0.1) is 20.5 Å². The van der Waals surface area contributed by atoms with E-state index >= 15 is 0 Å². The van der Waals surface area contributed by atoms with Gasteiger partial charge in [0.2, 0.25) is 5.82 Å². The van der Waals surface area contributed by atoms with Gasteiger partial charge in [-0.25, -0.2) is 18.4 Å². The molecule has 0 amide bonds. The van der Waals surface area contributed by atoms with Crippen molar-refractivity contribution < 1.29 is 60.5 Å². The summed E-state index contributed by atoms with van der Waals surface area (Å²) in [5.41, 5.74) is 7.33. The fourth-order valence-electron chi connectivity index (χ4n) is 4.14. The molecule has 0 bridgehead atoms. The third kappa shape index (κ3) is 12.6. The van der Waals surface area contributed by atoms with Crippen LogP contribution in [0.2, 0.25) is 15.1 Å². The smallest absolute Gasteiger partial charge is 0.416 e. The van der Waals surface area contributed by atoms with Gasteiger partial charge in [0.1, 0.15) is 34.8 Å². The van der Waals surface area contributed by atoms with Crippen molar-refractivity contribution in [1.29, 1.82) is 0 Å². The minimum atomic E-state index is -4.63. The summed E-state index contributed by atoms with van der Waals surface area (Å²) in [5.74, 6) is -4.14. The Hall–Kier alpha value is -4.38. The first-order chi connectivity index (χ1) is 25.6. The number of aliphatic carboxylic acids is 2. The number of nitrogen functional groups attached to an aromatic ring is 1. The normalized spacial score (nSPS) is 13.5. The molecule has 2 aromatic heterocycles. The Morgan fingerprint density at radius 3 is 2.02 bits per heavy atom. The minimum Gasteiger partial charge on any atom is -0.480 e. The number of nitrogens with two attached hydrogens (primary N) is 2. The summed E-state index contributed by atoms with van der Waals surface area (Å²) < 4.78 is 89.6. The first kappa shape index (κ1) is 47.8. The lowest BCUT2D eigenvalue weighted by Gasteiger charge is -2.12. The van der Waals surface area contributed by atoms with E-state index in [1.54, 1.807) is 0 Å². The molecule has 7 N–H and O–H groups in total. The van der Waals surface area contributed by atoms with E-state index in [0.29, 0.717) is 16.8 Å². The molecule has 308 valence electrons. The maximum absolute atomic E-state index is 14.1. The van der Waals surface area contributed by atoms with Gasteiger partial charge in [-0.3, -0.25) is 24.3 Å². The topological polar surface area (TPSA) is 265 Å². The van der Waals surface area contributed by atoms with Crippen LogP contribution in [0.25, 0.3) is 11.4 Å². The van der Waals surface area contributed by atoms with Crippen molar-refractivity contribution in [2.24, 2.45) is 5.73 Å². The Kier molecular flexibility index (Phi) is 16.4. The van der Waals surface area contributed by atoms with Crippen LogP contribution in [0.4, 0.5) is 37.8 Å². The van der Waals surface area contributed by atoms with Crippen LogP contribution in [0.5, 0.6) is 0 Å². The van der Waals surface area contributed by atoms with Gasteiger partial charge in [-0.15, -0.1) is 16.7 Å². The lowest BCUT2D eigenvalue weighted by atomic mass is 10.1. The highest BCUT2D eigenvalue weighted by molar-refractivity contribution is 7.57. The number of hydrogen-bond acceptors (Lipinski definition) is 10. The number of aryl methyl sites for hydroxylation is 1. The van der Waals surface area contributed by atoms with Crippen LogP contribution in [-0.2, 0) is 26.8 Å². The zero-order valence-electron chi connectivity index (χ0n) is 28.1. The SMILES string of the molecule is CP(=O)(O)CCC(N)C(=O)O.Cc1nn(-c2cc(CC(Cl)C(=O)O)c(Cl)cc2F)c(=O)n1C(F)F.Nc1c([N+](=O)[O-])cnn1-c1c(Cl)cc(C(F)(F)F)cc1Cl. The van der Waals surface area contributed by atoms with E-state index in [1.165, 1.54) is 6.66 Å². The first-order valence-electron chi connectivity index (χ1n) is 14.7. The second-order valence-corrected chi connectivity index (χ2v) is 15.5. The molecule has 4 aromatic rings. The number of hydrogen-bond donors (Lipinski definition) is 5. The lowest BCUT2D eigenvalue weighted by molar-refractivity contribution is -0.383. The summed E-state index contributed by atoms with van der Waals surface area (Å²) in [4.78, 5) is 51.6. The van der Waals surface area contributed by atoms with Gasteiger partial charge in [0.15, 0.2) is 13.2 Å². The van der Waals surface area contributed by atoms with Gasteiger partial charge in [-0.2, -0.15) is 31.7 Å². The van der Waals surface area contributed by atoms with Crippen LogP contribution in [0.3, 0.4) is 0 Å². The molecular formula is C28H27Cl4F6N8O9P. The van der Waals surface area contributed by atoms with E-state index in [0.717, 1.165) is 29.9 Å². The van der Waals surface area contributed by atoms with Crippen molar-refractivity contribution in [1.82, 2.24) is 24.1 Å². The molecule has 0 radical (unpaired) electrons. The Morgan fingerprint density at radius 1 is 1.05 bits per heavy atom. The number of carboxylic acids is 2. The molecule has 0 aliphatic rings. The van der Waals surface area contributed by atoms with E-state index in [2.05, 4.69) is 10.2 Å². The Labute approximate surface area is 329 Å². The maximum Gasteiger partial charge on any atom is 0.416 e. The average molecular weight is 906 g/mol. The van der Waals surface area contributed by atoms with Crippen LogP contribution in [0.15, 0.2) is 35.3 Å². The fourth-order valence-corrected chi connectivity index (χ4v) is 5.94. The molecule has 0 saturated carbocycles. The third-order valence-electron chi connectivity index (χ3n) is 6.90. The lowest BCUT2D eigenvalue weighted by Crippen LogP contribution is -2.30. The van der Waals surface area contributed by atoms with Crippen molar-refractivity contribution in [2.45, 2.75) is 43.9 Å². The number of benzene rings is 2. The van der Waals surface area contributed by atoms with Crippen molar-refractivity contribution in [3.63, 3.8) is 0 Å². The number of nitrogens with zero attached hydrogens (tertiary/aromatic N) is 6. The molecule has 2 heterocycles. The summed E-state index contributed by atoms with van der Waals surface area (Å²) >= 11 is 23.0. The molecule has 3 atom stereocenters. The Morgan fingerprint density at radius 2 is 1.61 bits per heavy atom. The Bertz CT molecular complexity index is 2190. The molecule has 0 spiro atoms. The zero-order valence-corrected chi connectivity index (χ0v) is 32.0. The van der Waals surface area contributed by atoms with Crippen LogP contribution < -0.4 is 17.2 Å². The van der Waals surface area contributed by atoms with Crippen molar-refractivity contribution in [2.75, 3.05) is 18.6 Å². The molecule has 0 aliphatic heterocycles. The molecule has 2 aromatic carbocycles. The summed E-state index contributed by atoms with van der Waals surface area (Å²) in [7, 11) is -3.10. The highest BCUT2D eigenvalue weighted by Crippen LogP contribution is 2.39. The second-order valence-electron chi connectivity index (χ2n) is 11.2. The molecule has 0 saturated heterocycles. The van der Waals surface area contributed by atoms with Gasteiger partial charge in [-0.1, -0.05) is 34.8 Å². The van der Waals surface area contributed by atoms with Gasteiger partial charge in [-0.05, 0) is 43.2 Å². The number of carboxylic acid groups (broad SMARTS) is 2. The summed E-state index contributed by atoms with van der Waals surface area (Å²) in [6.45, 7) is -0.792. The van der Waals surface area contributed by atoms with Gasteiger partial charge >= 0.3 is 36.0 Å². The summed E-state index contributed by atoms with van der Waals surface area (Å²) in [6, 6.07) is 2.13. The predicted octanol–water partition coefficient (Wildman–Crippen LogP) is 6.14. The average Bonchev–Trinajstić information content (AvgIpc) is 3.58. The Balaban J connectivity index is 0.000000310. The first-order valence-corrected chi connectivity index (χ1v) is 18.6. The molecule has 3 unspecified atom stereocenters. The van der Waals surface area contributed by atoms with E-state index in [1.807, 2.05) is 0 Å². The predicted molar refractivity (Wildman–Crippen MR) is 190 cm³/mol. The van der Waals surface area contributed by atoms with Crippen molar-refractivity contribution >= 4 is 77.2 Å². The number of rotatable bonds is 11. The number of alkyl halides is 6. The van der Waals surface area contributed by atoms with Crippen molar-refractivity contribution in [3.8, 4) is 11.4 Å². The summed E-state index contributed by atoms with van der Waals surface area (Å²) in [6.07, 6.45) is -4.04. The molecule has 17 nitrogen and oxygen atoms in total. The van der Waals surface area contributed by atoms with E-state index in [4.69, 9.17) is 73.0 Å². The minimum absolute atomic E-state index is 0.0412. The third-order valence-corrected chi connectivity index (χ3v) is 9.26. The molecule has 0 fully saturated rings. The van der Waals surface area contributed by atoms with Crippen molar-refractivity contribution in [3.05, 3.63) is 88.9 Å².